The summed E-state index contributed by atoms with van der Waals surface area (Å²) in [6.07, 6.45) is 1.59. The summed E-state index contributed by atoms with van der Waals surface area (Å²) < 4.78 is 5.06. The minimum Gasteiger partial charge on any atom is -0.481 e. The summed E-state index contributed by atoms with van der Waals surface area (Å²) in [5.74, 6) is 0.911. The molecule has 5 nitrogen and oxygen atoms in total. The Bertz CT molecular complexity index is 578. The van der Waals surface area contributed by atoms with Crippen LogP contribution >= 0.6 is 11.6 Å². The van der Waals surface area contributed by atoms with Gasteiger partial charge in [0.1, 0.15) is 0 Å². The summed E-state index contributed by atoms with van der Waals surface area (Å²) in [5, 5.41) is 9.61. The van der Waals surface area contributed by atoms with Gasteiger partial charge in [0.2, 0.25) is 5.88 Å². The minimum absolute atomic E-state index is 0.139. The molecule has 100 valence electrons. The van der Waals surface area contributed by atoms with Crippen LogP contribution < -0.4 is 10.5 Å². The lowest BCUT2D eigenvalue weighted by atomic mass is 10.0. The molecule has 0 aliphatic heterocycles. The van der Waals surface area contributed by atoms with E-state index in [1.54, 1.807) is 30.5 Å². The van der Waals surface area contributed by atoms with Crippen LogP contribution in [0.1, 0.15) is 11.6 Å². The summed E-state index contributed by atoms with van der Waals surface area (Å²) in [5.41, 5.74) is 7.21. The van der Waals surface area contributed by atoms with Crippen molar-refractivity contribution in [1.82, 2.24) is 9.97 Å². The Labute approximate surface area is 116 Å². The van der Waals surface area contributed by atoms with Gasteiger partial charge < -0.3 is 15.6 Å². The highest BCUT2D eigenvalue weighted by Gasteiger charge is 2.12. The SMILES string of the molecule is COc1ccnc(-c2cc(C(N)CO)ccc2Cl)n1. The molecule has 0 saturated carbocycles. The fraction of sp³-hybridized carbons (Fsp3) is 0.231. The maximum atomic E-state index is 9.09. The summed E-state index contributed by atoms with van der Waals surface area (Å²) in [4.78, 5) is 8.39. The van der Waals surface area contributed by atoms with Crippen LogP contribution in [0.4, 0.5) is 0 Å². The average molecular weight is 280 g/mol. The number of ether oxygens (including phenoxy) is 1. The number of aliphatic hydroxyl groups excluding tert-OH is 1. The fourth-order valence-corrected chi connectivity index (χ4v) is 1.84. The third-order valence-electron chi connectivity index (χ3n) is 2.70. The van der Waals surface area contributed by atoms with E-state index in [9.17, 15) is 0 Å². The number of aliphatic hydroxyl groups is 1. The Morgan fingerprint density at radius 2 is 2.21 bits per heavy atom. The van der Waals surface area contributed by atoms with Crippen molar-refractivity contribution in [3.05, 3.63) is 41.0 Å². The predicted molar refractivity (Wildman–Crippen MR) is 73.0 cm³/mol. The smallest absolute Gasteiger partial charge is 0.216 e. The Morgan fingerprint density at radius 3 is 2.89 bits per heavy atom. The summed E-state index contributed by atoms with van der Waals surface area (Å²) >= 11 is 6.15. The van der Waals surface area contributed by atoms with Gasteiger partial charge in [0.25, 0.3) is 0 Å². The molecule has 2 rings (SSSR count). The molecule has 2 aromatic rings. The molecule has 1 unspecified atom stereocenters. The van der Waals surface area contributed by atoms with Gasteiger partial charge in [-0.1, -0.05) is 17.7 Å². The van der Waals surface area contributed by atoms with E-state index in [0.717, 1.165) is 5.56 Å². The lowest BCUT2D eigenvalue weighted by Gasteiger charge is -2.11. The van der Waals surface area contributed by atoms with Gasteiger partial charge in [-0.2, -0.15) is 4.98 Å². The normalized spacial score (nSPS) is 12.2. The van der Waals surface area contributed by atoms with Crippen LogP contribution in [0.25, 0.3) is 11.4 Å². The van der Waals surface area contributed by atoms with Crippen LogP contribution in [0.5, 0.6) is 5.88 Å². The van der Waals surface area contributed by atoms with Crippen molar-refractivity contribution in [3.63, 3.8) is 0 Å². The zero-order valence-corrected chi connectivity index (χ0v) is 11.1. The summed E-state index contributed by atoms with van der Waals surface area (Å²) in [7, 11) is 1.53. The Morgan fingerprint density at radius 1 is 1.42 bits per heavy atom. The molecule has 19 heavy (non-hydrogen) atoms. The van der Waals surface area contributed by atoms with Crippen molar-refractivity contribution in [2.24, 2.45) is 5.73 Å². The molecule has 0 amide bonds. The summed E-state index contributed by atoms with van der Waals surface area (Å²) in [6, 6.07) is 6.46. The number of methoxy groups -OCH3 is 1. The first kappa shape index (κ1) is 13.7. The highest BCUT2D eigenvalue weighted by molar-refractivity contribution is 6.33. The van der Waals surface area contributed by atoms with Crippen LogP contribution in [0, 0.1) is 0 Å². The van der Waals surface area contributed by atoms with Gasteiger partial charge in [-0.25, -0.2) is 4.98 Å². The zero-order chi connectivity index (χ0) is 13.8. The lowest BCUT2D eigenvalue weighted by molar-refractivity contribution is 0.268. The van der Waals surface area contributed by atoms with Gasteiger partial charge >= 0.3 is 0 Å². The van der Waals surface area contributed by atoms with Crippen LogP contribution in [0.2, 0.25) is 5.02 Å². The van der Waals surface area contributed by atoms with E-state index in [2.05, 4.69) is 9.97 Å². The quantitative estimate of drug-likeness (QED) is 0.892. The number of nitrogens with two attached hydrogens (primary N) is 1. The second-order valence-electron chi connectivity index (χ2n) is 3.95. The van der Waals surface area contributed by atoms with Crippen LogP contribution in [0.3, 0.4) is 0 Å². The standard InChI is InChI=1S/C13H14ClN3O2/c1-19-12-4-5-16-13(17-12)9-6-8(11(15)7-18)2-3-10(9)14/h2-6,11,18H,7,15H2,1H3. The monoisotopic (exact) mass is 279 g/mol. The molecule has 0 saturated heterocycles. The highest BCUT2D eigenvalue weighted by atomic mass is 35.5. The molecule has 1 aromatic carbocycles. The van der Waals surface area contributed by atoms with Crippen molar-refractivity contribution in [3.8, 4) is 17.3 Å². The first-order valence-corrected chi connectivity index (χ1v) is 6.06. The molecule has 0 radical (unpaired) electrons. The van der Waals surface area contributed by atoms with Crippen molar-refractivity contribution < 1.29 is 9.84 Å². The van der Waals surface area contributed by atoms with Crippen molar-refractivity contribution in [2.45, 2.75) is 6.04 Å². The third kappa shape index (κ3) is 3.01. The number of benzene rings is 1. The molecular weight excluding hydrogens is 266 g/mol. The third-order valence-corrected chi connectivity index (χ3v) is 3.02. The van der Waals surface area contributed by atoms with Gasteiger partial charge in [-0.15, -0.1) is 0 Å². The molecule has 3 N–H and O–H groups in total. The molecule has 0 spiro atoms. The van der Waals surface area contributed by atoms with Gasteiger partial charge in [-0.05, 0) is 17.7 Å². The van der Waals surface area contributed by atoms with Crippen LogP contribution in [-0.4, -0.2) is 28.8 Å². The number of rotatable bonds is 4. The molecule has 0 aliphatic carbocycles. The average Bonchev–Trinajstić information content (AvgIpc) is 2.47. The largest absolute Gasteiger partial charge is 0.481 e. The number of hydrogen-bond acceptors (Lipinski definition) is 5. The van der Waals surface area contributed by atoms with E-state index in [4.69, 9.17) is 27.2 Å². The Hall–Kier alpha value is -1.69. The van der Waals surface area contributed by atoms with E-state index in [1.165, 1.54) is 7.11 Å². The number of aromatic nitrogens is 2. The molecule has 1 heterocycles. The summed E-state index contributed by atoms with van der Waals surface area (Å²) in [6.45, 7) is -0.139. The molecular formula is C13H14ClN3O2. The van der Waals surface area contributed by atoms with Crippen LogP contribution in [-0.2, 0) is 0 Å². The molecule has 0 aliphatic rings. The van der Waals surface area contributed by atoms with Gasteiger partial charge in [0.15, 0.2) is 5.82 Å². The number of halogens is 1. The van der Waals surface area contributed by atoms with Crippen molar-refractivity contribution >= 4 is 11.6 Å². The molecule has 0 bridgehead atoms. The molecule has 1 atom stereocenters. The van der Waals surface area contributed by atoms with Crippen molar-refractivity contribution in [1.29, 1.82) is 0 Å². The van der Waals surface area contributed by atoms with Gasteiger partial charge in [0.05, 0.1) is 24.8 Å². The van der Waals surface area contributed by atoms with E-state index in [0.29, 0.717) is 22.3 Å². The second-order valence-corrected chi connectivity index (χ2v) is 4.36. The molecule has 1 aromatic heterocycles. The van der Waals surface area contributed by atoms with E-state index in [1.807, 2.05) is 0 Å². The zero-order valence-electron chi connectivity index (χ0n) is 10.4. The molecule has 0 fully saturated rings. The van der Waals surface area contributed by atoms with Gasteiger partial charge in [0, 0.05) is 17.8 Å². The fourth-order valence-electron chi connectivity index (χ4n) is 1.64. The maximum Gasteiger partial charge on any atom is 0.216 e. The van der Waals surface area contributed by atoms with Crippen LogP contribution in [0.15, 0.2) is 30.5 Å². The van der Waals surface area contributed by atoms with Crippen molar-refractivity contribution in [2.75, 3.05) is 13.7 Å². The first-order chi connectivity index (χ1) is 9.15. The topological polar surface area (TPSA) is 81.3 Å². The minimum atomic E-state index is -0.457. The predicted octanol–water partition coefficient (Wildman–Crippen LogP) is 1.80. The molecule has 6 heteroatoms. The van der Waals surface area contributed by atoms with E-state index in [-0.39, 0.29) is 6.61 Å². The second kappa shape index (κ2) is 5.97. The van der Waals surface area contributed by atoms with Gasteiger partial charge in [-0.3, -0.25) is 0 Å². The van der Waals surface area contributed by atoms with E-state index >= 15 is 0 Å². The number of nitrogens with zero attached hydrogens (tertiary/aromatic N) is 2. The number of hydrogen-bond donors (Lipinski definition) is 2. The first-order valence-electron chi connectivity index (χ1n) is 5.69. The highest BCUT2D eigenvalue weighted by Crippen LogP contribution is 2.28. The Kier molecular flexibility index (Phi) is 4.31. The lowest BCUT2D eigenvalue weighted by Crippen LogP contribution is -2.14. The maximum absolute atomic E-state index is 9.09. The Balaban J connectivity index is 2.48. The van der Waals surface area contributed by atoms with E-state index < -0.39 is 6.04 Å².